The van der Waals surface area contributed by atoms with Gasteiger partial charge in [-0.15, -0.1) is 0 Å². The molecule has 26 heavy (non-hydrogen) atoms. The Morgan fingerprint density at radius 1 is 1.19 bits per heavy atom. The number of amides is 1. The normalized spacial score (nSPS) is 11.3. The lowest BCUT2D eigenvalue weighted by molar-refractivity contribution is 0.0948. The van der Waals surface area contributed by atoms with E-state index in [0.717, 1.165) is 34.9 Å². The summed E-state index contributed by atoms with van der Waals surface area (Å²) in [4.78, 5) is 20.0. The van der Waals surface area contributed by atoms with E-state index >= 15 is 0 Å². The summed E-state index contributed by atoms with van der Waals surface area (Å²) in [5.74, 6) is -0.0613. The molecule has 0 fully saturated rings. The van der Waals surface area contributed by atoms with Crippen LogP contribution in [0.15, 0.2) is 48.8 Å². The second kappa shape index (κ2) is 6.67. The molecule has 4 aromatic rings. The molecule has 0 aliphatic rings. The Hall–Kier alpha value is -3.08. The van der Waals surface area contributed by atoms with Crippen LogP contribution in [0.4, 0.5) is 0 Å². The van der Waals surface area contributed by atoms with Crippen LogP contribution in [0, 0.1) is 13.8 Å². The van der Waals surface area contributed by atoms with Gasteiger partial charge >= 0.3 is 0 Å². The summed E-state index contributed by atoms with van der Waals surface area (Å²) < 4.78 is 2.12. The van der Waals surface area contributed by atoms with Gasteiger partial charge in [-0.3, -0.25) is 4.79 Å². The molecule has 132 valence electrons. The lowest BCUT2D eigenvalue weighted by Crippen LogP contribution is -2.25. The van der Waals surface area contributed by atoms with Crippen molar-refractivity contribution in [3.8, 4) is 0 Å². The Bertz CT molecular complexity index is 1090. The molecule has 0 bridgehead atoms. The minimum atomic E-state index is -0.0613. The van der Waals surface area contributed by atoms with Crippen LogP contribution in [0.5, 0.6) is 0 Å². The Morgan fingerprint density at radius 2 is 2.04 bits per heavy atom. The van der Waals surface area contributed by atoms with Gasteiger partial charge in [-0.05, 0) is 55.7 Å². The molecule has 2 aromatic heterocycles. The molecule has 0 unspecified atom stereocenters. The average molecular weight is 346 g/mol. The van der Waals surface area contributed by atoms with Crippen LogP contribution in [0.25, 0.3) is 21.9 Å². The third-order valence-corrected chi connectivity index (χ3v) is 4.72. The zero-order valence-electron chi connectivity index (χ0n) is 15.0. The van der Waals surface area contributed by atoms with E-state index in [0.29, 0.717) is 12.2 Å². The van der Waals surface area contributed by atoms with Crippen molar-refractivity contribution in [2.75, 3.05) is 6.54 Å². The van der Waals surface area contributed by atoms with E-state index in [-0.39, 0.29) is 5.91 Å². The van der Waals surface area contributed by atoms with Crippen molar-refractivity contribution in [2.45, 2.75) is 26.8 Å². The number of H-pyrrole nitrogens is 1. The second-order valence-corrected chi connectivity index (χ2v) is 6.76. The Labute approximate surface area is 152 Å². The van der Waals surface area contributed by atoms with E-state index < -0.39 is 0 Å². The molecule has 2 N–H and O–H groups in total. The molecule has 0 saturated heterocycles. The number of nitrogens with zero attached hydrogens (tertiary/aromatic N) is 2. The van der Waals surface area contributed by atoms with Crippen LogP contribution < -0.4 is 5.32 Å². The summed E-state index contributed by atoms with van der Waals surface area (Å²) in [6, 6.07) is 14.2. The summed E-state index contributed by atoms with van der Waals surface area (Å²) in [6.07, 6.45) is 2.71. The predicted octanol–water partition coefficient (Wildman–Crippen LogP) is 3.95. The molecule has 1 amide bonds. The fraction of sp³-hybridized carbons (Fsp3) is 0.238. The van der Waals surface area contributed by atoms with E-state index in [2.05, 4.69) is 51.9 Å². The highest BCUT2D eigenvalue weighted by Gasteiger charge is 2.10. The number of aryl methyl sites for hydroxylation is 3. The fourth-order valence-corrected chi connectivity index (χ4v) is 3.46. The molecule has 2 aromatic carbocycles. The Balaban J connectivity index is 1.37. The molecule has 0 saturated carbocycles. The average Bonchev–Trinajstić information content (AvgIpc) is 3.23. The van der Waals surface area contributed by atoms with Crippen molar-refractivity contribution in [1.29, 1.82) is 0 Å². The number of hydrogen-bond acceptors (Lipinski definition) is 2. The topological polar surface area (TPSA) is 62.7 Å². The van der Waals surface area contributed by atoms with E-state index in [1.165, 1.54) is 11.1 Å². The molecule has 0 aliphatic carbocycles. The van der Waals surface area contributed by atoms with E-state index in [1.807, 2.05) is 30.6 Å². The first-order valence-electron chi connectivity index (χ1n) is 8.90. The molecule has 5 nitrogen and oxygen atoms in total. The van der Waals surface area contributed by atoms with Crippen molar-refractivity contribution in [3.63, 3.8) is 0 Å². The van der Waals surface area contributed by atoms with E-state index in [4.69, 9.17) is 0 Å². The first-order chi connectivity index (χ1) is 12.6. The standard InChI is InChI=1S/C21H22N4O/c1-14-10-15(2)16-12-19(24-18(16)11-14)21(26)22-8-5-9-25-13-23-17-6-3-4-7-20(17)25/h3-4,6-7,10-13,24H,5,8-9H2,1-2H3,(H,22,26). The number of rotatable bonds is 5. The molecule has 5 heteroatoms. The number of hydrogen-bond donors (Lipinski definition) is 2. The molecule has 2 heterocycles. The smallest absolute Gasteiger partial charge is 0.267 e. The predicted molar refractivity (Wildman–Crippen MR) is 104 cm³/mol. The summed E-state index contributed by atoms with van der Waals surface area (Å²) in [6.45, 7) is 5.58. The maximum absolute atomic E-state index is 12.4. The van der Waals surface area contributed by atoms with Crippen LogP contribution in [0.2, 0.25) is 0 Å². The van der Waals surface area contributed by atoms with Gasteiger partial charge in [0.1, 0.15) is 5.69 Å². The van der Waals surface area contributed by atoms with Crippen LogP contribution in [0.3, 0.4) is 0 Å². The molecular weight excluding hydrogens is 324 g/mol. The summed E-state index contributed by atoms with van der Waals surface area (Å²) >= 11 is 0. The number of benzene rings is 2. The van der Waals surface area contributed by atoms with Gasteiger partial charge in [0.15, 0.2) is 0 Å². The first kappa shape index (κ1) is 16.4. The first-order valence-corrected chi connectivity index (χ1v) is 8.90. The van der Waals surface area contributed by atoms with Gasteiger partial charge in [-0.2, -0.15) is 0 Å². The number of carbonyl (C=O) groups excluding carboxylic acids is 1. The van der Waals surface area contributed by atoms with Gasteiger partial charge in [0.2, 0.25) is 0 Å². The maximum atomic E-state index is 12.4. The van der Waals surface area contributed by atoms with Crippen molar-refractivity contribution >= 4 is 27.8 Å². The lowest BCUT2D eigenvalue weighted by atomic mass is 10.1. The van der Waals surface area contributed by atoms with Gasteiger partial charge in [-0.1, -0.05) is 18.2 Å². The molecule has 0 radical (unpaired) electrons. The molecule has 0 aliphatic heterocycles. The summed E-state index contributed by atoms with van der Waals surface area (Å²) in [7, 11) is 0. The van der Waals surface area contributed by atoms with Crippen LogP contribution >= 0.6 is 0 Å². The molecule has 4 rings (SSSR count). The van der Waals surface area contributed by atoms with Crippen LogP contribution in [0.1, 0.15) is 28.0 Å². The number of aromatic nitrogens is 3. The van der Waals surface area contributed by atoms with Crippen molar-refractivity contribution in [3.05, 3.63) is 65.6 Å². The number of para-hydroxylation sites is 2. The second-order valence-electron chi connectivity index (χ2n) is 6.76. The summed E-state index contributed by atoms with van der Waals surface area (Å²) in [5, 5.41) is 4.10. The van der Waals surface area contributed by atoms with Crippen molar-refractivity contribution in [2.24, 2.45) is 0 Å². The maximum Gasteiger partial charge on any atom is 0.267 e. The molecular formula is C21H22N4O. The number of carbonyl (C=O) groups is 1. The monoisotopic (exact) mass is 346 g/mol. The highest BCUT2D eigenvalue weighted by molar-refractivity contribution is 5.98. The Kier molecular flexibility index (Phi) is 4.21. The minimum absolute atomic E-state index is 0.0613. The molecule has 0 spiro atoms. The van der Waals surface area contributed by atoms with Gasteiger partial charge in [0.25, 0.3) is 5.91 Å². The third-order valence-electron chi connectivity index (χ3n) is 4.72. The van der Waals surface area contributed by atoms with Gasteiger partial charge in [0, 0.05) is 24.0 Å². The number of imidazole rings is 1. The highest BCUT2D eigenvalue weighted by Crippen LogP contribution is 2.21. The number of aromatic amines is 1. The quantitative estimate of drug-likeness (QED) is 0.537. The van der Waals surface area contributed by atoms with Gasteiger partial charge in [0.05, 0.1) is 17.4 Å². The SMILES string of the molecule is Cc1cc(C)c2cc(C(=O)NCCCn3cnc4ccccc43)[nH]c2c1. The van der Waals surface area contributed by atoms with E-state index in [9.17, 15) is 4.79 Å². The largest absolute Gasteiger partial charge is 0.351 e. The third kappa shape index (κ3) is 3.08. The van der Waals surface area contributed by atoms with Gasteiger partial charge < -0.3 is 14.9 Å². The molecule has 0 atom stereocenters. The van der Waals surface area contributed by atoms with Crippen molar-refractivity contribution in [1.82, 2.24) is 19.9 Å². The zero-order chi connectivity index (χ0) is 18.1. The van der Waals surface area contributed by atoms with Crippen molar-refractivity contribution < 1.29 is 4.79 Å². The highest BCUT2D eigenvalue weighted by atomic mass is 16.1. The van der Waals surface area contributed by atoms with E-state index in [1.54, 1.807) is 0 Å². The minimum Gasteiger partial charge on any atom is -0.351 e. The Morgan fingerprint density at radius 3 is 2.92 bits per heavy atom. The zero-order valence-corrected chi connectivity index (χ0v) is 15.0. The fourth-order valence-electron chi connectivity index (χ4n) is 3.46. The van der Waals surface area contributed by atoms with Crippen LogP contribution in [-0.4, -0.2) is 27.0 Å². The summed E-state index contributed by atoms with van der Waals surface area (Å²) in [5.41, 5.74) is 6.12. The van der Waals surface area contributed by atoms with Gasteiger partial charge in [-0.25, -0.2) is 4.98 Å². The number of nitrogens with one attached hydrogen (secondary N) is 2. The van der Waals surface area contributed by atoms with Crippen LogP contribution in [-0.2, 0) is 6.54 Å². The lowest BCUT2D eigenvalue weighted by Gasteiger charge is -2.06. The number of fused-ring (bicyclic) bond motifs is 2.